The van der Waals surface area contributed by atoms with Crippen LogP contribution in [-0.2, 0) is 4.79 Å². The van der Waals surface area contributed by atoms with Crippen LogP contribution in [0.15, 0.2) is 70.7 Å². The van der Waals surface area contributed by atoms with E-state index in [4.69, 9.17) is 23.2 Å². The van der Waals surface area contributed by atoms with Gasteiger partial charge in [-0.15, -0.1) is 0 Å². The summed E-state index contributed by atoms with van der Waals surface area (Å²) in [4.78, 5) is 35.2. The van der Waals surface area contributed by atoms with E-state index in [2.05, 4.69) is 15.3 Å². The lowest BCUT2D eigenvalue weighted by Gasteiger charge is -2.16. The molecular formula is C23H18Cl2N4O2S. The van der Waals surface area contributed by atoms with E-state index >= 15 is 0 Å². The number of aryl methyl sites for hydroxylation is 1. The monoisotopic (exact) mass is 484 g/mol. The second-order valence-electron chi connectivity index (χ2n) is 7.09. The number of aromatic nitrogens is 3. The highest BCUT2D eigenvalue weighted by molar-refractivity contribution is 8.00. The van der Waals surface area contributed by atoms with Crippen molar-refractivity contribution in [3.05, 3.63) is 86.8 Å². The van der Waals surface area contributed by atoms with Crippen molar-refractivity contribution in [3.63, 3.8) is 0 Å². The first-order valence-corrected chi connectivity index (χ1v) is 11.3. The van der Waals surface area contributed by atoms with Gasteiger partial charge >= 0.3 is 0 Å². The van der Waals surface area contributed by atoms with Gasteiger partial charge in [0, 0.05) is 6.20 Å². The molecule has 2 aromatic heterocycles. The lowest BCUT2D eigenvalue weighted by atomic mass is 10.2. The molecule has 1 unspecified atom stereocenters. The predicted molar refractivity (Wildman–Crippen MR) is 130 cm³/mol. The van der Waals surface area contributed by atoms with Gasteiger partial charge < -0.3 is 5.32 Å². The van der Waals surface area contributed by atoms with E-state index in [9.17, 15) is 9.59 Å². The second kappa shape index (κ2) is 9.32. The Kier molecular flexibility index (Phi) is 6.50. The minimum absolute atomic E-state index is 0.248. The molecule has 2 heterocycles. The number of carbonyl (C=O) groups is 1. The molecule has 0 aliphatic heterocycles. The first-order chi connectivity index (χ1) is 15.3. The van der Waals surface area contributed by atoms with Crippen molar-refractivity contribution in [1.82, 2.24) is 14.5 Å². The van der Waals surface area contributed by atoms with Gasteiger partial charge in [0.25, 0.3) is 5.56 Å². The van der Waals surface area contributed by atoms with Crippen LogP contribution in [0.3, 0.4) is 0 Å². The van der Waals surface area contributed by atoms with E-state index < -0.39 is 5.25 Å². The number of anilines is 1. The maximum Gasteiger partial charge on any atom is 0.267 e. The highest BCUT2D eigenvalue weighted by Crippen LogP contribution is 2.31. The molecule has 1 atom stereocenters. The molecule has 0 bridgehead atoms. The molecule has 0 fully saturated rings. The summed E-state index contributed by atoms with van der Waals surface area (Å²) < 4.78 is 1.44. The SMILES string of the molecule is Cc1ccnc(-n2c(SC(C)C(=O)Nc3cccc(Cl)c3Cl)nc3ccccc3c2=O)c1. The van der Waals surface area contributed by atoms with Gasteiger partial charge in [0.15, 0.2) is 5.16 Å². The number of hydrogen-bond donors (Lipinski definition) is 1. The minimum atomic E-state index is -0.589. The fourth-order valence-electron chi connectivity index (χ4n) is 3.08. The summed E-state index contributed by atoms with van der Waals surface area (Å²) in [6.45, 7) is 3.65. The zero-order valence-corrected chi connectivity index (χ0v) is 19.5. The molecule has 6 nitrogen and oxygen atoms in total. The van der Waals surface area contributed by atoms with Crippen molar-refractivity contribution in [2.75, 3.05) is 5.32 Å². The van der Waals surface area contributed by atoms with Gasteiger partial charge in [-0.05, 0) is 55.8 Å². The summed E-state index contributed by atoms with van der Waals surface area (Å²) in [5.74, 6) is 0.145. The Labute approximate surface area is 198 Å². The molecular weight excluding hydrogens is 467 g/mol. The van der Waals surface area contributed by atoms with Crippen LogP contribution in [0, 0.1) is 6.92 Å². The van der Waals surface area contributed by atoms with E-state index in [1.165, 1.54) is 4.57 Å². The summed E-state index contributed by atoms with van der Waals surface area (Å²) in [7, 11) is 0. The molecule has 0 radical (unpaired) electrons. The van der Waals surface area contributed by atoms with Crippen molar-refractivity contribution in [2.24, 2.45) is 0 Å². The fraction of sp³-hybridized carbons (Fsp3) is 0.130. The zero-order chi connectivity index (χ0) is 22.8. The summed E-state index contributed by atoms with van der Waals surface area (Å²) in [6.07, 6.45) is 1.64. The number of pyridine rings is 1. The Morgan fingerprint density at radius 2 is 1.91 bits per heavy atom. The maximum absolute atomic E-state index is 13.3. The van der Waals surface area contributed by atoms with E-state index in [1.807, 2.05) is 19.1 Å². The molecule has 0 aliphatic rings. The molecule has 32 heavy (non-hydrogen) atoms. The van der Waals surface area contributed by atoms with Gasteiger partial charge in [0.05, 0.1) is 31.9 Å². The molecule has 1 N–H and O–H groups in total. The highest BCUT2D eigenvalue weighted by Gasteiger charge is 2.21. The van der Waals surface area contributed by atoms with Gasteiger partial charge in [-0.2, -0.15) is 0 Å². The average Bonchev–Trinajstić information content (AvgIpc) is 2.77. The molecule has 162 valence electrons. The smallest absolute Gasteiger partial charge is 0.267 e. The van der Waals surface area contributed by atoms with Crippen LogP contribution < -0.4 is 10.9 Å². The summed E-state index contributed by atoms with van der Waals surface area (Å²) in [6, 6.07) is 15.8. The van der Waals surface area contributed by atoms with Crippen molar-refractivity contribution >= 4 is 57.5 Å². The van der Waals surface area contributed by atoms with Gasteiger partial charge in [-0.1, -0.05) is 53.2 Å². The van der Waals surface area contributed by atoms with Crippen LogP contribution in [0.4, 0.5) is 5.69 Å². The highest BCUT2D eigenvalue weighted by atomic mass is 35.5. The van der Waals surface area contributed by atoms with E-state index in [1.54, 1.807) is 55.6 Å². The van der Waals surface area contributed by atoms with Crippen molar-refractivity contribution in [2.45, 2.75) is 24.3 Å². The van der Waals surface area contributed by atoms with Gasteiger partial charge in [0.1, 0.15) is 5.82 Å². The second-order valence-corrected chi connectivity index (χ2v) is 9.19. The fourth-order valence-corrected chi connectivity index (χ4v) is 4.35. The quantitative estimate of drug-likeness (QED) is 0.298. The standard InChI is InChI=1S/C23H18Cl2N4O2S/c1-13-10-11-26-19(12-13)29-22(31)15-6-3-4-8-17(15)28-23(29)32-14(2)21(30)27-18-9-5-7-16(24)20(18)25/h3-12,14H,1-2H3,(H,27,30). The number of nitrogens with one attached hydrogen (secondary N) is 1. The topological polar surface area (TPSA) is 76.9 Å². The number of nitrogens with zero attached hydrogens (tertiary/aromatic N) is 3. The van der Waals surface area contributed by atoms with Gasteiger partial charge in [-0.25, -0.2) is 14.5 Å². The van der Waals surface area contributed by atoms with Crippen LogP contribution in [0.25, 0.3) is 16.7 Å². The average molecular weight is 485 g/mol. The van der Waals surface area contributed by atoms with E-state index in [-0.39, 0.29) is 16.5 Å². The Morgan fingerprint density at radius 3 is 2.69 bits per heavy atom. The third-order valence-corrected chi connectivity index (χ3v) is 6.61. The van der Waals surface area contributed by atoms with Crippen LogP contribution in [-0.4, -0.2) is 25.7 Å². The van der Waals surface area contributed by atoms with Gasteiger partial charge in [-0.3, -0.25) is 9.59 Å². The van der Waals surface area contributed by atoms with E-state index in [0.29, 0.717) is 32.6 Å². The molecule has 4 aromatic rings. The Morgan fingerprint density at radius 1 is 1.12 bits per heavy atom. The van der Waals surface area contributed by atoms with Crippen molar-refractivity contribution in [3.8, 4) is 5.82 Å². The molecule has 0 saturated carbocycles. The largest absolute Gasteiger partial charge is 0.324 e. The summed E-state index contributed by atoms with van der Waals surface area (Å²) >= 11 is 13.4. The Hall–Kier alpha value is -2.87. The Bertz CT molecular complexity index is 1390. The number of benzene rings is 2. The molecule has 1 amide bonds. The summed E-state index contributed by atoms with van der Waals surface area (Å²) in [5, 5.41) is 3.65. The first-order valence-electron chi connectivity index (χ1n) is 9.71. The normalized spacial score (nSPS) is 12.0. The molecule has 2 aromatic carbocycles. The molecule has 4 rings (SSSR count). The number of hydrogen-bond acceptors (Lipinski definition) is 5. The van der Waals surface area contributed by atoms with Crippen LogP contribution in [0.5, 0.6) is 0 Å². The number of halogens is 2. The first kappa shape index (κ1) is 22.3. The van der Waals surface area contributed by atoms with Crippen LogP contribution in [0.1, 0.15) is 12.5 Å². The van der Waals surface area contributed by atoms with Gasteiger partial charge in [0.2, 0.25) is 5.91 Å². The predicted octanol–water partition coefficient (Wildman–Crippen LogP) is 5.52. The Balaban J connectivity index is 1.73. The van der Waals surface area contributed by atoms with Crippen LogP contribution >= 0.6 is 35.0 Å². The zero-order valence-electron chi connectivity index (χ0n) is 17.2. The third-order valence-electron chi connectivity index (χ3n) is 4.74. The van der Waals surface area contributed by atoms with Crippen molar-refractivity contribution in [1.29, 1.82) is 0 Å². The third kappa shape index (κ3) is 4.50. The van der Waals surface area contributed by atoms with Crippen molar-refractivity contribution < 1.29 is 4.79 Å². The number of fused-ring (bicyclic) bond motifs is 1. The van der Waals surface area contributed by atoms with Crippen LogP contribution in [0.2, 0.25) is 10.0 Å². The molecule has 0 spiro atoms. The summed E-state index contributed by atoms with van der Waals surface area (Å²) in [5.41, 5.74) is 1.67. The lowest BCUT2D eigenvalue weighted by Crippen LogP contribution is -2.26. The van der Waals surface area contributed by atoms with E-state index in [0.717, 1.165) is 17.3 Å². The number of amides is 1. The minimum Gasteiger partial charge on any atom is -0.324 e. The lowest BCUT2D eigenvalue weighted by molar-refractivity contribution is -0.115. The maximum atomic E-state index is 13.3. The number of carbonyl (C=O) groups excluding carboxylic acids is 1. The molecule has 9 heteroatoms. The molecule has 0 aliphatic carbocycles. The molecule has 0 saturated heterocycles. The number of rotatable bonds is 5. The number of thioether (sulfide) groups is 1. The number of para-hydroxylation sites is 1.